The van der Waals surface area contributed by atoms with Crippen molar-refractivity contribution in [2.75, 3.05) is 26.2 Å². The maximum atomic E-state index is 12.7. The zero-order valence-corrected chi connectivity index (χ0v) is 35.3. The Hall–Kier alpha value is -3.29. The molecule has 5 rings (SSSR count). The molecule has 0 fully saturated rings. The van der Waals surface area contributed by atoms with Gasteiger partial charge in [0.25, 0.3) is 0 Å². The van der Waals surface area contributed by atoms with Crippen molar-refractivity contribution in [2.45, 2.75) is 51.7 Å². The van der Waals surface area contributed by atoms with Crippen molar-refractivity contribution in [3.05, 3.63) is 94.6 Å². The van der Waals surface area contributed by atoms with Gasteiger partial charge in [0.1, 0.15) is 0 Å². The maximum Gasteiger partial charge on any atom is 2.00 e. The van der Waals surface area contributed by atoms with E-state index in [4.69, 9.17) is 0 Å². The number of aliphatic imine (C=N–C) groups is 4. The minimum atomic E-state index is -6.00. The first-order valence-corrected chi connectivity index (χ1v) is 16.8. The van der Waals surface area contributed by atoms with Gasteiger partial charge in [0.05, 0.1) is 0 Å². The average molecular weight is 1050 g/mol. The summed E-state index contributed by atoms with van der Waals surface area (Å²) in [6.07, 6.45) is 12.2. The number of aromatic nitrogens is 4. The van der Waals surface area contributed by atoms with Gasteiger partial charge in [-0.15, -0.1) is 12.2 Å². The molecule has 344 valence electrons. The van der Waals surface area contributed by atoms with E-state index in [1.165, 1.54) is 24.9 Å². The Morgan fingerprint density at radius 1 is 0.500 bits per heavy atom. The molecule has 1 aliphatic rings. The van der Waals surface area contributed by atoms with Crippen LogP contribution in [0.2, 0.25) is 0 Å². The summed E-state index contributed by atoms with van der Waals surface area (Å²) < 4.78 is 78.0. The van der Waals surface area contributed by atoms with Crippen molar-refractivity contribution in [1.82, 2.24) is 20.4 Å². The van der Waals surface area contributed by atoms with Crippen LogP contribution in [0.5, 0.6) is 11.5 Å². The quantitative estimate of drug-likeness (QED) is 0.189. The van der Waals surface area contributed by atoms with Gasteiger partial charge in [0.2, 0.25) is 0 Å². The molecule has 0 amide bonds. The van der Waals surface area contributed by atoms with Gasteiger partial charge in [-0.1, -0.05) is 47.9 Å². The number of nitrogens with zero attached hydrogens (tertiary/aromatic N) is 8. The fourth-order valence-electron chi connectivity index (χ4n) is 4.24. The van der Waals surface area contributed by atoms with E-state index in [1.54, 1.807) is 61.2 Å². The molecule has 1 aliphatic heterocycles. The summed E-state index contributed by atoms with van der Waals surface area (Å²) in [5, 5.41) is 63.8. The number of benzene rings is 2. The number of hydrogen-bond acceptors (Lipinski definition) is 10. The summed E-state index contributed by atoms with van der Waals surface area (Å²) >= 11 is 0. The molecule has 2 aromatic carbocycles. The van der Waals surface area contributed by atoms with E-state index in [9.17, 15) is 55.0 Å². The van der Waals surface area contributed by atoms with Crippen LogP contribution in [0.3, 0.4) is 0 Å². The largest absolute Gasteiger partial charge is 2.00 e. The van der Waals surface area contributed by atoms with Crippen molar-refractivity contribution in [3.63, 3.8) is 0 Å². The third-order valence-electron chi connectivity index (χ3n) is 6.57. The first-order chi connectivity index (χ1) is 26.3. The smallest absolute Gasteiger partial charge is 0.872 e. The van der Waals surface area contributed by atoms with Gasteiger partial charge >= 0.3 is 82.8 Å². The van der Waals surface area contributed by atoms with Crippen LogP contribution in [0.4, 0.5) is 34.5 Å². The van der Waals surface area contributed by atoms with Crippen molar-refractivity contribution >= 4 is 39.4 Å². The molecule has 12 nitrogen and oxygen atoms in total. The standard InChI is InChI=1S/C28H34N4O4.2C3H3N2.2BF4.4Cu/c1-19-11-21-15-29-7-3-25(33)5-9-31-17-23-13-20(2)14-24(28(23)36)18-32-10-6-26(34)4-8-30-16-22(12-19)27(21)35;2*1-2-4-5-3-1;2*2-1(3,4)5;;;;/h11-18,25-26,35-36H,3-10H2,1-2H3;2*1-3H;;;;;;/q-2;4*-1;4*+2/p-2. The summed E-state index contributed by atoms with van der Waals surface area (Å²) in [5.74, 6) is -0.362. The molecule has 0 unspecified atom stereocenters. The molecule has 0 atom stereocenters. The normalized spacial score (nSPS) is 15.5. The van der Waals surface area contributed by atoms with Gasteiger partial charge in [0, 0.05) is 63.4 Å². The molecule has 0 spiro atoms. The molecule has 2 aromatic heterocycles. The van der Waals surface area contributed by atoms with E-state index in [0.717, 1.165) is 11.1 Å². The Labute approximate surface area is 384 Å². The second kappa shape index (κ2) is 35.3. The summed E-state index contributed by atoms with van der Waals surface area (Å²) in [4.78, 5) is 17.1. The second-order valence-electron chi connectivity index (χ2n) is 11.5. The molecule has 0 N–H and O–H groups in total. The predicted octanol–water partition coefficient (Wildman–Crippen LogP) is 3.53. The first kappa shape index (κ1) is 63.3. The number of hydrogen-bond donors (Lipinski definition) is 0. The number of halogens is 8. The molecule has 0 saturated heterocycles. The van der Waals surface area contributed by atoms with E-state index < -0.39 is 26.7 Å². The van der Waals surface area contributed by atoms with Crippen LogP contribution in [0.25, 0.3) is 0 Å². The van der Waals surface area contributed by atoms with Crippen LogP contribution < -0.4 is 30.6 Å². The Kier molecular flexibility index (Phi) is 37.3. The van der Waals surface area contributed by atoms with Crippen LogP contribution >= 0.6 is 0 Å². The number of aryl methyl sites for hydroxylation is 2. The van der Waals surface area contributed by atoms with Crippen LogP contribution in [0.15, 0.2) is 81.2 Å². The first-order valence-electron chi connectivity index (χ1n) is 16.8. The van der Waals surface area contributed by atoms with Gasteiger partial charge in [-0.3, -0.25) is 20.0 Å². The topological polar surface area (TPSA) is 196 Å². The molecular weight excluding hydrogens is 1010 g/mol. The molecule has 60 heavy (non-hydrogen) atoms. The minimum Gasteiger partial charge on any atom is -0.872 e. The Balaban J connectivity index is -0.000000535. The fraction of sp³-hybridized carbons (Fsp3) is 0.353. The van der Waals surface area contributed by atoms with Crippen LogP contribution in [-0.2, 0) is 68.3 Å². The summed E-state index contributed by atoms with van der Waals surface area (Å²) in [6, 6.07) is 10.6. The molecule has 0 aliphatic carbocycles. The number of fused-ring (bicyclic) bond motifs is 4. The summed E-state index contributed by atoms with van der Waals surface area (Å²) in [5.41, 5.74) is 3.59. The van der Waals surface area contributed by atoms with Crippen LogP contribution in [0, 0.1) is 13.8 Å². The van der Waals surface area contributed by atoms with Crippen LogP contribution in [0.1, 0.15) is 59.1 Å². The van der Waals surface area contributed by atoms with Crippen molar-refractivity contribution in [3.8, 4) is 11.5 Å². The molecule has 3 heterocycles. The van der Waals surface area contributed by atoms with E-state index >= 15 is 0 Å². The van der Waals surface area contributed by atoms with E-state index in [0.29, 0.717) is 74.1 Å². The van der Waals surface area contributed by atoms with Gasteiger partial charge in [-0.05, 0) is 72.9 Å². The van der Waals surface area contributed by atoms with Crippen LogP contribution in [-0.4, -0.2) is 88.0 Å². The monoisotopic (exact) mass is 1050 g/mol. The average Bonchev–Trinajstić information content (AvgIpc) is 3.88. The maximum absolute atomic E-state index is 12.7. The van der Waals surface area contributed by atoms with E-state index in [2.05, 4.69) is 40.4 Å². The van der Waals surface area contributed by atoms with Gasteiger partial charge < -0.3 is 75.3 Å². The zero-order chi connectivity index (χ0) is 42.0. The van der Waals surface area contributed by atoms with Gasteiger partial charge in [-0.2, -0.15) is 12.4 Å². The van der Waals surface area contributed by atoms with Crippen molar-refractivity contribution in [1.29, 1.82) is 0 Å². The molecule has 4 aromatic rings. The zero-order valence-electron chi connectivity index (χ0n) is 31.5. The van der Waals surface area contributed by atoms with Gasteiger partial charge in [-0.25, -0.2) is 0 Å². The molecule has 26 heteroatoms. The molecule has 0 saturated carbocycles. The summed E-state index contributed by atoms with van der Waals surface area (Å²) in [6.45, 7) is 5.02. The Bertz CT molecular complexity index is 1530. The van der Waals surface area contributed by atoms with Gasteiger partial charge in [0.15, 0.2) is 0 Å². The van der Waals surface area contributed by atoms with E-state index in [1.807, 2.05) is 13.8 Å². The Morgan fingerprint density at radius 2 is 0.733 bits per heavy atom. The fourth-order valence-corrected chi connectivity index (χ4v) is 4.24. The molecule has 4 radical (unpaired) electrons. The van der Waals surface area contributed by atoms with Crippen molar-refractivity contribution < 1.29 is 123 Å². The van der Waals surface area contributed by atoms with E-state index in [-0.39, 0.29) is 79.8 Å². The molecular formula is C34H38B2Cu4F8N8O4. The predicted molar refractivity (Wildman–Crippen MR) is 193 cm³/mol. The number of rotatable bonds is 0. The SMILES string of the molecule is Cc1cc2c([O-])c(c1)C=NCCC([O-])CCN=Cc1cc(C)cc(c1[O-])C=NCCC([O-])CCN=C2.F[B-](F)(F)F.F[B-](F)(F)F.[Cu+2].[Cu+2].[Cu+2].[Cu+2].c1cn[n-]c1.c1cn[n-]c1. The second-order valence-corrected chi connectivity index (χ2v) is 11.5. The summed E-state index contributed by atoms with van der Waals surface area (Å²) in [7, 11) is -12.0. The third kappa shape index (κ3) is 35.5. The Morgan fingerprint density at radius 3 is 0.900 bits per heavy atom. The van der Waals surface area contributed by atoms with Crippen molar-refractivity contribution in [2.24, 2.45) is 20.0 Å². The third-order valence-corrected chi connectivity index (χ3v) is 6.57. The molecule has 4 bridgehead atoms. The minimum absolute atomic E-state index is 0.